The smallest absolute Gasteiger partial charge is 0.312 e. The molecule has 2 unspecified atom stereocenters. The second-order valence-electron chi connectivity index (χ2n) is 6.77. The maximum absolute atomic E-state index is 13.6. The van der Waals surface area contributed by atoms with E-state index in [0.717, 1.165) is 18.2 Å². The molecule has 0 aromatic heterocycles. The van der Waals surface area contributed by atoms with E-state index in [4.69, 9.17) is 5.73 Å². The van der Waals surface area contributed by atoms with E-state index in [0.29, 0.717) is 24.1 Å². The first kappa shape index (κ1) is 22.6. The van der Waals surface area contributed by atoms with Crippen LogP contribution in [0.3, 0.4) is 0 Å². The van der Waals surface area contributed by atoms with Crippen molar-refractivity contribution in [1.29, 1.82) is 0 Å². The lowest BCUT2D eigenvalue weighted by Crippen LogP contribution is -2.50. The lowest BCUT2D eigenvalue weighted by Gasteiger charge is -2.33. The summed E-state index contributed by atoms with van der Waals surface area (Å²) in [7, 11) is 0. The van der Waals surface area contributed by atoms with Crippen LogP contribution in [0.25, 0.3) is 0 Å². The number of amides is 3. The number of urea groups is 1. The van der Waals surface area contributed by atoms with E-state index in [-0.39, 0.29) is 36.8 Å². The maximum Gasteiger partial charge on any atom is 0.312 e. The summed E-state index contributed by atoms with van der Waals surface area (Å²) in [6.45, 7) is 1.55. The van der Waals surface area contributed by atoms with E-state index in [2.05, 4.69) is 16.0 Å². The largest absolute Gasteiger partial charge is 0.352 e. The van der Waals surface area contributed by atoms with E-state index in [1.165, 1.54) is 6.07 Å². The summed E-state index contributed by atoms with van der Waals surface area (Å²) in [6, 6.07) is 9.81. The first-order valence-corrected chi connectivity index (χ1v) is 9.03. The summed E-state index contributed by atoms with van der Waals surface area (Å²) in [4.78, 5) is 23.4. The molecule has 0 aliphatic carbocycles. The van der Waals surface area contributed by atoms with Crippen LogP contribution >= 0.6 is 12.4 Å². The summed E-state index contributed by atoms with van der Waals surface area (Å²) < 4.78 is 26.9. The summed E-state index contributed by atoms with van der Waals surface area (Å²) >= 11 is 0. The number of rotatable bonds is 5. The van der Waals surface area contributed by atoms with Crippen LogP contribution in [0, 0.1) is 11.6 Å². The highest BCUT2D eigenvalue weighted by molar-refractivity contribution is 5.94. The number of primary amides is 1. The number of hydrogen-bond acceptors (Lipinski definition) is 3. The van der Waals surface area contributed by atoms with Crippen LogP contribution in [0.4, 0.5) is 13.6 Å². The molecular formula is C20H23ClF2N4O2. The number of benzene rings is 2. The van der Waals surface area contributed by atoms with Gasteiger partial charge in [0.2, 0.25) is 0 Å². The van der Waals surface area contributed by atoms with Crippen molar-refractivity contribution in [2.45, 2.75) is 24.9 Å². The van der Waals surface area contributed by atoms with Gasteiger partial charge in [0.05, 0.1) is 0 Å². The first-order valence-electron chi connectivity index (χ1n) is 9.03. The van der Waals surface area contributed by atoms with Gasteiger partial charge in [-0.1, -0.05) is 18.2 Å². The SMILES string of the molecule is Cl.NC(=O)NCc1ccc(C(=O)NC2CNCCC2c2ccc(F)c(F)c2)cc1. The number of carbonyl (C=O) groups excluding carboxylic acids is 2. The molecule has 0 bridgehead atoms. The second-order valence-corrected chi connectivity index (χ2v) is 6.77. The summed E-state index contributed by atoms with van der Waals surface area (Å²) in [6.07, 6.45) is 0.702. The third-order valence-electron chi connectivity index (χ3n) is 4.85. The molecule has 1 heterocycles. The Morgan fingerprint density at radius 3 is 2.48 bits per heavy atom. The molecule has 9 heteroatoms. The molecule has 0 radical (unpaired) electrons. The van der Waals surface area contributed by atoms with Crippen LogP contribution in [0.5, 0.6) is 0 Å². The molecule has 2 aromatic carbocycles. The molecule has 0 spiro atoms. The minimum Gasteiger partial charge on any atom is -0.352 e. The molecule has 3 rings (SSSR count). The molecule has 0 saturated carbocycles. The molecule has 29 heavy (non-hydrogen) atoms. The lowest BCUT2D eigenvalue weighted by atomic mass is 9.85. The fourth-order valence-corrected chi connectivity index (χ4v) is 3.37. The first-order chi connectivity index (χ1) is 13.4. The van der Waals surface area contributed by atoms with E-state index in [1.807, 2.05) is 0 Å². The quantitative estimate of drug-likeness (QED) is 0.593. The van der Waals surface area contributed by atoms with Crippen molar-refractivity contribution in [2.24, 2.45) is 5.73 Å². The zero-order valence-electron chi connectivity index (χ0n) is 15.6. The van der Waals surface area contributed by atoms with Gasteiger partial charge in [-0.15, -0.1) is 12.4 Å². The zero-order valence-corrected chi connectivity index (χ0v) is 16.4. The lowest BCUT2D eigenvalue weighted by molar-refractivity contribution is 0.0924. The third-order valence-corrected chi connectivity index (χ3v) is 4.85. The number of nitrogens with one attached hydrogen (secondary N) is 3. The minimum absolute atomic E-state index is 0. The highest BCUT2D eigenvalue weighted by Crippen LogP contribution is 2.27. The standard InChI is InChI=1S/C20H22F2N4O2.ClH/c21-16-6-5-14(9-17(16)22)15-7-8-24-11-18(15)26-19(27)13-3-1-12(2-4-13)10-25-20(23)28;/h1-6,9,15,18,24H,7-8,10-11H2,(H,26,27)(H3,23,25,28);1H. The fourth-order valence-electron chi connectivity index (χ4n) is 3.37. The van der Waals surface area contributed by atoms with E-state index < -0.39 is 17.7 Å². The van der Waals surface area contributed by atoms with Gasteiger partial charge < -0.3 is 21.7 Å². The topological polar surface area (TPSA) is 96.2 Å². The van der Waals surface area contributed by atoms with Gasteiger partial charge >= 0.3 is 6.03 Å². The fraction of sp³-hybridized carbons (Fsp3) is 0.300. The molecule has 156 valence electrons. The Kier molecular flexibility index (Phi) is 7.92. The van der Waals surface area contributed by atoms with Crippen molar-refractivity contribution in [3.8, 4) is 0 Å². The Balaban J connectivity index is 0.00000300. The van der Waals surface area contributed by atoms with Crippen molar-refractivity contribution in [1.82, 2.24) is 16.0 Å². The van der Waals surface area contributed by atoms with Crippen molar-refractivity contribution >= 4 is 24.3 Å². The van der Waals surface area contributed by atoms with Crippen LogP contribution in [-0.2, 0) is 6.54 Å². The molecule has 1 saturated heterocycles. The Labute approximate surface area is 173 Å². The predicted octanol–water partition coefficient (Wildman–Crippen LogP) is 2.43. The van der Waals surface area contributed by atoms with Gasteiger partial charge in [-0.3, -0.25) is 4.79 Å². The third kappa shape index (κ3) is 5.88. The Bertz CT molecular complexity index is 864. The number of piperidine rings is 1. The van der Waals surface area contributed by atoms with E-state index >= 15 is 0 Å². The number of carbonyl (C=O) groups is 2. The number of hydrogen-bond donors (Lipinski definition) is 4. The average Bonchev–Trinajstić information content (AvgIpc) is 2.69. The molecule has 6 nitrogen and oxygen atoms in total. The highest BCUT2D eigenvalue weighted by Gasteiger charge is 2.28. The number of nitrogens with two attached hydrogens (primary N) is 1. The van der Waals surface area contributed by atoms with Gasteiger partial charge in [0.25, 0.3) is 5.91 Å². The van der Waals surface area contributed by atoms with Crippen LogP contribution in [0.1, 0.15) is 33.8 Å². The monoisotopic (exact) mass is 424 g/mol. The molecule has 3 amide bonds. The minimum atomic E-state index is -0.888. The Hall–Kier alpha value is -2.71. The normalized spacial score (nSPS) is 18.4. The molecule has 2 atom stereocenters. The molecule has 1 aliphatic heterocycles. The molecule has 5 N–H and O–H groups in total. The average molecular weight is 425 g/mol. The van der Waals surface area contributed by atoms with Gasteiger partial charge in [-0.05, 0) is 48.4 Å². The van der Waals surface area contributed by atoms with Crippen molar-refractivity contribution < 1.29 is 18.4 Å². The zero-order chi connectivity index (χ0) is 20.1. The second kappa shape index (κ2) is 10.2. The van der Waals surface area contributed by atoms with Crippen LogP contribution in [-0.4, -0.2) is 31.1 Å². The van der Waals surface area contributed by atoms with Crippen molar-refractivity contribution in [3.63, 3.8) is 0 Å². The number of halogens is 3. The van der Waals surface area contributed by atoms with Gasteiger partial charge in [0.15, 0.2) is 11.6 Å². The summed E-state index contributed by atoms with van der Waals surface area (Å²) in [5, 5.41) is 8.68. The van der Waals surface area contributed by atoms with Crippen LogP contribution in [0.15, 0.2) is 42.5 Å². The molecule has 2 aromatic rings. The van der Waals surface area contributed by atoms with E-state index in [9.17, 15) is 18.4 Å². The Morgan fingerprint density at radius 2 is 1.83 bits per heavy atom. The van der Waals surface area contributed by atoms with E-state index in [1.54, 1.807) is 30.3 Å². The summed E-state index contributed by atoms with van der Waals surface area (Å²) in [5.41, 5.74) is 6.99. The van der Waals surface area contributed by atoms with Crippen LogP contribution in [0.2, 0.25) is 0 Å². The molecular weight excluding hydrogens is 402 g/mol. The van der Waals surface area contributed by atoms with Crippen molar-refractivity contribution in [2.75, 3.05) is 13.1 Å². The highest BCUT2D eigenvalue weighted by atomic mass is 35.5. The summed E-state index contributed by atoms with van der Waals surface area (Å²) in [5.74, 6) is -2.14. The van der Waals surface area contributed by atoms with Gasteiger partial charge in [0, 0.05) is 30.6 Å². The molecule has 1 aliphatic rings. The Morgan fingerprint density at radius 1 is 1.10 bits per heavy atom. The van der Waals surface area contributed by atoms with Gasteiger partial charge in [0.1, 0.15) is 0 Å². The molecule has 1 fully saturated rings. The van der Waals surface area contributed by atoms with Gasteiger partial charge in [-0.2, -0.15) is 0 Å². The van der Waals surface area contributed by atoms with Crippen molar-refractivity contribution in [3.05, 3.63) is 70.8 Å². The predicted molar refractivity (Wildman–Crippen MR) is 108 cm³/mol. The maximum atomic E-state index is 13.6. The van der Waals surface area contributed by atoms with Gasteiger partial charge in [-0.25, -0.2) is 13.6 Å². The van der Waals surface area contributed by atoms with Crippen LogP contribution < -0.4 is 21.7 Å².